The lowest BCUT2D eigenvalue weighted by atomic mass is 10.1. The molecular weight excluding hydrogens is 388 g/mol. The molecule has 0 aromatic heterocycles. The topological polar surface area (TPSA) is 69.2 Å². The smallest absolute Gasteiger partial charge is 0.277 e. The van der Waals surface area contributed by atoms with Crippen molar-refractivity contribution in [2.75, 3.05) is 13.4 Å². The van der Waals surface area contributed by atoms with Crippen LogP contribution in [0.2, 0.25) is 0 Å². The molecule has 0 bridgehead atoms. The lowest BCUT2D eigenvalue weighted by Gasteiger charge is -2.08. The number of rotatable bonds is 5. The van der Waals surface area contributed by atoms with Crippen molar-refractivity contribution in [2.24, 2.45) is 5.10 Å². The molecule has 0 atom stereocenters. The van der Waals surface area contributed by atoms with E-state index in [1.165, 1.54) is 6.21 Å². The minimum atomic E-state index is -0.339. The minimum absolute atomic E-state index is 0.107. The summed E-state index contributed by atoms with van der Waals surface area (Å²) in [6, 6.07) is 9.44. The van der Waals surface area contributed by atoms with Gasteiger partial charge in [0.25, 0.3) is 5.91 Å². The van der Waals surface area contributed by atoms with Gasteiger partial charge in [0.1, 0.15) is 5.75 Å². The Kier molecular flexibility index (Phi) is 5.23. The maximum atomic E-state index is 11.9. The first kappa shape index (κ1) is 17.3. The molecule has 0 spiro atoms. The predicted molar refractivity (Wildman–Crippen MR) is 97.4 cm³/mol. The highest BCUT2D eigenvalue weighted by atomic mass is 79.9. The van der Waals surface area contributed by atoms with Gasteiger partial charge < -0.3 is 14.2 Å². The molecular formula is C18H17BrN2O4. The number of carbonyl (C=O) groups excluding carboxylic acids is 1. The van der Waals surface area contributed by atoms with Gasteiger partial charge in [-0.25, -0.2) is 5.43 Å². The summed E-state index contributed by atoms with van der Waals surface area (Å²) in [7, 11) is 0. The number of fused-ring (bicyclic) bond motifs is 1. The molecule has 1 aliphatic rings. The number of hydrogen-bond acceptors (Lipinski definition) is 5. The summed E-state index contributed by atoms with van der Waals surface area (Å²) in [5.74, 6) is 1.68. The maximum Gasteiger partial charge on any atom is 0.277 e. The molecule has 130 valence electrons. The van der Waals surface area contributed by atoms with Crippen molar-refractivity contribution in [3.63, 3.8) is 0 Å². The van der Waals surface area contributed by atoms with Crippen molar-refractivity contribution in [1.29, 1.82) is 0 Å². The molecule has 1 amide bonds. The Bertz CT molecular complexity index is 836. The number of ether oxygens (including phenoxy) is 3. The van der Waals surface area contributed by atoms with E-state index < -0.39 is 0 Å². The van der Waals surface area contributed by atoms with Gasteiger partial charge in [-0.15, -0.1) is 0 Å². The molecule has 0 aliphatic carbocycles. The van der Waals surface area contributed by atoms with E-state index in [2.05, 4.69) is 26.5 Å². The molecule has 0 saturated heterocycles. The second-order valence-corrected chi connectivity index (χ2v) is 6.43. The van der Waals surface area contributed by atoms with Crippen LogP contribution < -0.4 is 19.6 Å². The fraction of sp³-hybridized carbons (Fsp3) is 0.222. The van der Waals surface area contributed by atoms with Gasteiger partial charge in [-0.05, 0) is 59.1 Å². The van der Waals surface area contributed by atoms with Crippen LogP contribution in [0.15, 0.2) is 39.9 Å². The first-order valence-electron chi connectivity index (χ1n) is 7.64. The number of hydrazone groups is 1. The number of benzene rings is 2. The number of amides is 1. The van der Waals surface area contributed by atoms with Crippen LogP contribution in [0.4, 0.5) is 0 Å². The number of halogens is 1. The van der Waals surface area contributed by atoms with Gasteiger partial charge in [0.15, 0.2) is 18.1 Å². The number of hydrogen-bond donors (Lipinski definition) is 1. The lowest BCUT2D eigenvalue weighted by molar-refractivity contribution is -0.123. The Morgan fingerprint density at radius 1 is 1.28 bits per heavy atom. The Labute approximate surface area is 153 Å². The third kappa shape index (κ3) is 4.30. The van der Waals surface area contributed by atoms with E-state index in [0.29, 0.717) is 17.2 Å². The summed E-state index contributed by atoms with van der Waals surface area (Å²) in [5, 5.41) is 3.95. The Hall–Kier alpha value is -2.54. The standard InChI is InChI=1S/C18H17BrN2O4/c1-11-3-4-12(2)15(5-11)23-9-18(22)21-20-8-13-6-16-17(7-14(13)19)25-10-24-16/h3-8H,9-10H2,1-2H3,(H,21,22)/b20-8+. The van der Waals surface area contributed by atoms with Gasteiger partial charge in [0.05, 0.1) is 6.21 Å². The highest BCUT2D eigenvalue weighted by Crippen LogP contribution is 2.36. The summed E-state index contributed by atoms with van der Waals surface area (Å²) in [6.07, 6.45) is 1.53. The van der Waals surface area contributed by atoms with E-state index in [1.807, 2.05) is 32.0 Å². The van der Waals surface area contributed by atoms with Crippen molar-refractivity contribution >= 4 is 28.1 Å². The molecule has 0 saturated carbocycles. The second kappa shape index (κ2) is 7.57. The molecule has 3 rings (SSSR count). The van der Waals surface area contributed by atoms with Gasteiger partial charge in [-0.3, -0.25) is 4.79 Å². The summed E-state index contributed by atoms with van der Waals surface area (Å²) >= 11 is 3.43. The first-order valence-corrected chi connectivity index (χ1v) is 8.43. The molecule has 0 fully saturated rings. The van der Waals surface area contributed by atoms with Gasteiger partial charge in [0, 0.05) is 10.0 Å². The summed E-state index contributed by atoms with van der Waals surface area (Å²) in [6.45, 7) is 4.00. The number of nitrogens with zero attached hydrogens (tertiary/aromatic N) is 1. The minimum Gasteiger partial charge on any atom is -0.483 e. The third-order valence-electron chi connectivity index (χ3n) is 3.59. The van der Waals surface area contributed by atoms with Crippen LogP contribution in [0.3, 0.4) is 0 Å². The van der Waals surface area contributed by atoms with Gasteiger partial charge >= 0.3 is 0 Å². The molecule has 0 unspecified atom stereocenters. The van der Waals surface area contributed by atoms with Crippen molar-refractivity contribution < 1.29 is 19.0 Å². The zero-order valence-corrected chi connectivity index (χ0v) is 15.4. The zero-order valence-electron chi connectivity index (χ0n) is 13.8. The van der Waals surface area contributed by atoms with Crippen molar-refractivity contribution in [2.45, 2.75) is 13.8 Å². The van der Waals surface area contributed by atoms with E-state index in [4.69, 9.17) is 14.2 Å². The van der Waals surface area contributed by atoms with Crippen LogP contribution in [-0.4, -0.2) is 25.5 Å². The van der Waals surface area contributed by atoms with Crippen LogP contribution >= 0.6 is 15.9 Å². The lowest BCUT2D eigenvalue weighted by Crippen LogP contribution is -2.24. The van der Waals surface area contributed by atoms with Crippen LogP contribution in [0.25, 0.3) is 0 Å². The first-order chi connectivity index (χ1) is 12.0. The van der Waals surface area contributed by atoms with Crippen molar-refractivity contribution in [1.82, 2.24) is 5.43 Å². The predicted octanol–water partition coefficient (Wildman–Crippen LogP) is 3.32. The molecule has 2 aromatic carbocycles. The average molecular weight is 405 g/mol. The molecule has 6 nitrogen and oxygen atoms in total. The van der Waals surface area contributed by atoms with Crippen LogP contribution in [-0.2, 0) is 4.79 Å². The Morgan fingerprint density at radius 3 is 2.84 bits per heavy atom. The summed E-state index contributed by atoms with van der Waals surface area (Å²) in [4.78, 5) is 11.9. The Morgan fingerprint density at radius 2 is 2.04 bits per heavy atom. The van der Waals surface area contributed by atoms with Gasteiger partial charge in [-0.1, -0.05) is 12.1 Å². The molecule has 0 radical (unpaired) electrons. The fourth-order valence-corrected chi connectivity index (χ4v) is 2.67. The zero-order chi connectivity index (χ0) is 17.8. The number of nitrogens with one attached hydrogen (secondary N) is 1. The molecule has 7 heteroatoms. The van der Waals surface area contributed by atoms with Gasteiger partial charge in [-0.2, -0.15) is 5.10 Å². The van der Waals surface area contributed by atoms with Crippen LogP contribution in [0.1, 0.15) is 16.7 Å². The summed E-state index contributed by atoms with van der Waals surface area (Å²) < 4.78 is 16.9. The normalized spacial score (nSPS) is 12.4. The van der Waals surface area contributed by atoms with E-state index in [9.17, 15) is 4.79 Å². The largest absolute Gasteiger partial charge is 0.483 e. The van der Waals surface area contributed by atoms with E-state index >= 15 is 0 Å². The van der Waals surface area contributed by atoms with Crippen LogP contribution in [0, 0.1) is 13.8 Å². The quantitative estimate of drug-likeness (QED) is 0.612. The highest BCUT2D eigenvalue weighted by molar-refractivity contribution is 9.10. The maximum absolute atomic E-state index is 11.9. The third-order valence-corrected chi connectivity index (χ3v) is 4.27. The van der Waals surface area contributed by atoms with Crippen LogP contribution in [0.5, 0.6) is 17.2 Å². The van der Waals surface area contributed by atoms with Gasteiger partial charge in [0.2, 0.25) is 6.79 Å². The SMILES string of the molecule is Cc1ccc(C)c(OCC(=O)N/N=C/c2cc3c(cc2Br)OCO3)c1. The molecule has 1 heterocycles. The van der Waals surface area contributed by atoms with Crippen molar-refractivity contribution in [3.8, 4) is 17.2 Å². The van der Waals surface area contributed by atoms with Crippen molar-refractivity contribution in [3.05, 3.63) is 51.5 Å². The highest BCUT2D eigenvalue weighted by Gasteiger charge is 2.15. The molecule has 25 heavy (non-hydrogen) atoms. The molecule has 1 N–H and O–H groups in total. The van der Waals surface area contributed by atoms with E-state index in [0.717, 1.165) is 21.2 Å². The fourth-order valence-electron chi connectivity index (χ4n) is 2.24. The molecule has 2 aromatic rings. The number of aryl methyl sites for hydroxylation is 2. The second-order valence-electron chi connectivity index (χ2n) is 5.58. The molecule has 1 aliphatic heterocycles. The van der Waals surface area contributed by atoms with E-state index in [-0.39, 0.29) is 19.3 Å². The van der Waals surface area contributed by atoms with E-state index in [1.54, 1.807) is 12.1 Å². The number of carbonyl (C=O) groups is 1. The monoisotopic (exact) mass is 404 g/mol. The summed E-state index contributed by atoms with van der Waals surface area (Å²) in [5.41, 5.74) is 5.26. The average Bonchev–Trinajstić information content (AvgIpc) is 3.03. The Balaban J connectivity index is 1.55.